The van der Waals surface area contributed by atoms with Crippen molar-refractivity contribution >= 4 is 11.9 Å². The molecule has 0 unspecified atom stereocenters. The molecule has 0 saturated heterocycles. The van der Waals surface area contributed by atoms with E-state index in [4.69, 9.17) is 9.47 Å². The quantitative estimate of drug-likeness (QED) is 0.559. The summed E-state index contributed by atoms with van der Waals surface area (Å²) in [6.07, 6.45) is 3.61. The van der Waals surface area contributed by atoms with E-state index in [0.717, 1.165) is 11.1 Å². The lowest BCUT2D eigenvalue weighted by Crippen LogP contribution is -2.34. The molecule has 33 heavy (non-hydrogen) atoms. The van der Waals surface area contributed by atoms with Crippen LogP contribution >= 0.6 is 0 Å². The van der Waals surface area contributed by atoms with Crippen molar-refractivity contribution in [2.75, 3.05) is 20.2 Å². The second-order valence-electron chi connectivity index (χ2n) is 7.81. The molecule has 0 spiro atoms. The van der Waals surface area contributed by atoms with Crippen molar-refractivity contribution in [2.24, 2.45) is 0 Å². The number of methoxy groups -OCH3 is 1. The topological polar surface area (TPSA) is 90.7 Å². The Kier molecular flexibility index (Phi) is 6.53. The van der Waals surface area contributed by atoms with Crippen molar-refractivity contribution in [2.45, 2.75) is 26.5 Å². The number of ether oxygens (including phenoxy) is 2. The average Bonchev–Trinajstić information content (AvgIpc) is 3.06. The first-order valence-corrected chi connectivity index (χ1v) is 10.7. The molecule has 0 radical (unpaired) electrons. The summed E-state index contributed by atoms with van der Waals surface area (Å²) in [5, 5.41) is 0. The third-order valence-corrected chi connectivity index (χ3v) is 5.79. The number of nitrogens with zero attached hydrogens (tertiary/aromatic N) is 3. The molecule has 3 heterocycles. The normalized spacial score (nSPS) is 13.1. The Morgan fingerprint density at radius 3 is 2.55 bits per heavy atom. The number of aromatic nitrogens is 2. The Balaban J connectivity index is 1.65. The highest BCUT2D eigenvalue weighted by atomic mass is 16.5. The fraction of sp³-hybridized carbons (Fsp3) is 0.280. The van der Waals surface area contributed by atoms with Gasteiger partial charge in [0.15, 0.2) is 0 Å². The van der Waals surface area contributed by atoms with Crippen LogP contribution in [0.1, 0.15) is 37.5 Å². The summed E-state index contributed by atoms with van der Waals surface area (Å²) in [6, 6.07) is 12.3. The van der Waals surface area contributed by atoms with Gasteiger partial charge in [0.2, 0.25) is 0 Å². The van der Waals surface area contributed by atoms with Gasteiger partial charge in [0.1, 0.15) is 17.9 Å². The number of esters is 1. The molecule has 2 aromatic heterocycles. The Hall–Kier alpha value is -3.94. The molecule has 0 bridgehead atoms. The van der Waals surface area contributed by atoms with Crippen molar-refractivity contribution in [3.05, 3.63) is 93.2 Å². The molecule has 8 heteroatoms. The van der Waals surface area contributed by atoms with E-state index in [9.17, 15) is 14.4 Å². The van der Waals surface area contributed by atoms with Crippen LogP contribution in [-0.2, 0) is 24.3 Å². The number of pyridine rings is 2. The third kappa shape index (κ3) is 4.64. The molecule has 0 N–H and O–H groups in total. The molecule has 1 amide bonds. The SMILES string of the molecule is COC(=O)c1c(OCc2ccncc2)cc(=O)n2c1CCN(C(=O)c1ccccc1C)CC2. The average molecular weight is 447 g/mol. The third-order valence-electron chi connectivity index (χ3n) is 5.79. The summed E-state index contributed by atoms with van der Waals surface area (Å²) >= 11 is 0. The van der Waals surface area contributed by atoms with Crippen LogP contribution in [0.3, 0.4) is 0 Å². The van der Waals surface area contributed by atoms with Crippen molar-refractivity contribution in [3.63, 3.8) is 0 Å². The van der Waals surface area contributed by atoms with E-state index >= 15 is 0 Å². The summed E-state index contributed by atoms with van der Waals surface area (Å²) < 4.78 is 12.4. The smallest absolute Gasteiger partial charge is 0.343 e. The first-order valence-electron chi connectivity index (χ1n) is 10.7. The largest absolute Gasteiger partial charge is 0.488 e. The fourth-order valence-electron chi connectivity index (χ4n) is 4.01. The van der Waals surface area contributed by atoms with Crippen LogP contribution in [0, 0.1) is 6.92 Å². The second kappa shape index (κ2) is 9.68. The Labute approximate surface area is 191 Å². The number of fused-ring (bicyclic) bond motifs is 1. The predicted molar refractivity (Wildman–Crippen MR) is 121 cm³/mol. The molecular formula is C25H25N3O5. The summed E-state index contributed by atoms with van der Waals surface area (Å²) in [6.45, 7) is 3.07. The molecular weight excluding hydrogens is 422 g/mol. The van der Waals surface area contributed by atoms with Gasteiger partial charge < -0.3 is 18.9 Å². The zero-order valence-corrected chi connectivity index (χ0v) is 18.6. The van der Waals surface area contributed by atoms with Crippen LogP contribution in [0.2, 0.25) is 0 Å². The maximum Gasteiger partial charge on any atom is 0.343 e. The summed E-state index contributed by atoms with van der Waals surface area (Å²) in [7, 11) is 1.29. The van der Waals surface area contributed by atoms with Crippen molar-refractivity contribution in [1.82, 2.24) is 14.5 Å². The highest BCUT2D eigenvalue weighted by molar-refractivity contribution is 5.96. The molecule has 0 saturated carbocycles. The van der Waals surface area contributed by atoms with E-state index in [1.54, 1.807) is 35.5 Å². The maximum absolute atomic E-state index is 13.1. The Morgan fingerprint density at radius 2 is 1.82 bits per heavy atom. The van der Waals surface area contributed by atoms with Gasteiger partial charge in [0.25, 0.3) is 11.5 Å². The summed E-state index contributed by atoms with van der Waals surface area (Å²) in [4.78, 5) is 44.5. The first-order chi connectivity index (χ1) is 16.0. The second-order valence-corrected chi connectivity index (χ2v) is 7.81. The fourth-order valence-corrected chi connectivity index (χ4v) is 4.01. The van der Waals surface area contributed by atoms with Gasteiger partial charge in [-0.15, -0.1) is 0 Å². The molecule has 0 fully saturated rings. The van der Waals surface area contributed by atoms with Gasteiger partial charge in [-0.1, -0.05) is 18.2 Å². The molecule has 1 aliphatic heterocycles. The molecule has 1 aromatic carbocycles. The minimum absolute atomic E-state index is 0.0947. The summed E-state index contributed by atoms with van der Waals surface area (Å²) in [5.41, 5.74) is 2.82. The number of benzene rings is 1. The van der Waals surface area contributed by atoms with Crippen LogP contribution in [-0.4, -0.2) is 46.5 Å². The minimum atomic E-state index is -0.581. The number of aryl methyl sites for hydroxylation is 1. The number of amides is 1. The standard InChI is InChI=1S/C25H25N3O5/c1-17-5-3-4-6-19(17)24(30)27-12-9-20-23(25(31)32-2)21(15-22(29)28(20)14-13-27)33-16-18-7-10-26-11-8-18/h3-8,10-11,15H,9,12-14,16H2,1-2H3. The van der Waals surface area contributed by atoms with E-state index in [1.165, 1.54) is 17.7 Å². The van der Waals surface area contributed by atoms with E-state index in [1.807, 2.05) is 25.1 Å². The number of carbonyl (C=O) groups excluding carboxylic acids is 2. The van der Waals surface area contributed by atoms with Crippen LogP contribution in [0.4, 0.5) is 0 Å². The van der Waals surface area contributed by atoms with Gasteiger partial charge in [0, 0.05) is 55.8 Å². The minimum Gasteiger partial charge on any atom is -0.488 e. The van der Waals surface area contributed by atoms with Crippen LogP contribution in [0.15, 0.2) is 59.7 Å². The van der Waals surface area contributed by atoms with Gasteiger partial charge in [-0.25, -0.2) is 4.79 Å². The highest BCUT2D eigenvalue weighted by Crippen LogP contribution is 2.25. The number of carbonyl (C=O) groups is 2. The number of rotatable bonds is 5. The first kappa shape index (κ1) is 22.3. The number of hydrogen-bond acceptors (Lipinski definition) is 6. The molecule has 0 aliphatic carbocycles. The van der Waals surface area contributed by atoms with Gasteiger partial charge in [-0.2, -0.15) is 0 Å². The monoisotopic (exact) mass is 447 g/mol. The zero-order valence-electron chi connectivity index (χ0n) is 18.6. The van der Waals surface area contributed by atoms with E-state index in [0.29, 0.717) is 30.8 Å². The van der Waals surface area contributed by atoms with Gasteiger partial charge in [-0.05, 0) is 36.2 Å². The zero-order chi connectivity index (χ0) is 23.4. The van der Waals surface area contributed by atoms with E-state index in [-0.39, 0.29) is 35.9 Å². The van der Waals surface area contributed by atoms with Gasteiger partial charge in [0.05, 0.1) is 7.11 Å². The van der Waals surface area contributed by atoms with Crippen molar-refractivity contribution in [1.29, 1.82) is 0 Å². The molecule has 0 atom stereocenters. The highest BCUT2D eigenvalue weighted by Gasteiger charge is 2.28. The van der Waals surface area contributed by atoms with Crippen molar-refractivity contribution < 1.29 is 19.1 Å². The van der Waals surface area contributed by atoms with Crippen LogP contribution in [0.25, 0.3) is 0 Å². The van der Waals surface area contributed by atoms with Crippen LogP contribution < -0.4 is 10.3 Å². The van der Waals surface area contributed by atoms with E-state index < -0.39 is 5.97 Å². The molecule has 4 rings (SSSR count). The molecule has 8 nitrogen and oxygen atoms in total. The van der Waals surface area contributed by atoms with Crippen LogP contribution in [0.5, 0.6) is 5.75 Å². The maximum atomic E-state index is 13.1. The molecule has 3 aromatic rings. The lowest BCUT2D eigenvalue weighted by atomic mass is 10.1. The van der Waals surface area contributed by atoms with Crippen molar-refractivity contribution in [3.8, 4) is 5.75 Å². The van der Waals surface area contributed by atoms with E-state index in [2.05, 4.69) is 4.98 Å². The Bertz CT molecular complexity index is 1240. The van der Waals surface area contributed by atoms with Gasteiger partial charge in [-0.3, -0.25) is 14.6 Å². The Morgan fingerprint density at radius 1 is 1.06 bits per heavy atom. The summed E-state index contributed by atoms with van der Waals surface area (Å²) in [5.74, 6) is -0.501. The lowest BCUT2D eigenvalue weighted by molar-refractivity contribution is 0.0592. The number of hydrogen-bond donors (Lipinski definition) is 0. The molecule has 1 aliphatic rings. The molecule has 170 valence electrons. The lowest BCUT2D eigenvalue weighted by Gasteiger charge is -2.21. The van der Waals surface area contributed by atoms with Gasteiger partial charge >= 0.3 is 5.97 Å². The predicted octanol–water partition coefficient (Wildman–Crippen LogP) is 2.62.